The van der Waals surface area contributed by atoms with Gasteiger partial charge in [-0.05, 0) is 67.2 Å². The van der Waals surface area contributed by atoms with E-state index in [1.54, 1.807) is 17.7 Å². The van der Waals surface area contributed by atoms with Crippen molar-refractivity contribution in [1.82, 2.24) is 10.6 Å². The second-order valence-electron chi connectivity index (χ2n) is 9.76. The standard InChI is InChI=1S/C28H36N2O2.2ClH/c1-19(2)25(16-20-6-4-3-5-7-20)26-17-27(26)30-24-14-12-23(13-15-24)29-18-21-8-10-22(11-9-21)28(31)32;;/h3-11,16,19,23-24,26-27,29-30H,12-15,17-18H2,1-2H3,(H,31,32);2*1H/b25-16+;;. The molecule has 186 valence electrons. The van der Waals surface area contributed by atoms with Gasteiger partial charge in [0.05, 0.1) is 5.56 Å². The zero-order chi connectivity index (χ0) is 22.5. The van der Waals surface area contributed by atoms with Crippen LogP contribution in [0.4, 0.5) is 0 Å². The van der Waals surface area contributed by atoms with Gasteiger partial charge in [0.2, 0.25) is 0 Å². The molecular formula is C28H38Cl2N2O2. The van der Waals surface area contributed by atoms with E-state index in [2.05, 4.69) is 60.9 Å². The third kappa shape index (κ3) is 7.84. The lowest BCUT2D eigenvalue weighted by atomic mass is 9.90. The summed E-state index contributed by atoms with van der Waals surface area (Å²) in [7, 11) is 0. The van der Waals surface area contributed by atoms with Crippen molar-refractivity contribution >= 4 is 36.9 Å². The van der Waals surface area contributed by atoms with E-state index in [9.17, 15) is 4.79 Å². The third-order valence-corrected chi connectivity index (χ3v) is 6.99. The Bertz CT molecular complexity index is 923. The summed E-state index contributed by atoms with van der Waals surface area (Å²) in [5.41, 5.74) is 4.38. The van der Waals surface area contributed by atoms with Gasteiger partial charge >= 0.3 is 5.97 Å². The summed E-state index contributed by atoms with van der Waals surface area (Å²) in [5.74, 6) is 0.389. The van der Waals surface area contributed by atoms with Crippen LogP contribution in [0, 0.1) is 11.8 Å². The predicted molar refractivity (Wildman–Crippen MR) is 145 cm³/mol. The van der Waals surface area contributed by atoms with Crippen molar-refractivity contribution in [2.75, 3.05) is 0 Å². The normalized spacial score (nSPS) is 24.1. The number of nitrogens with one attached hydrogen (secondary N) is 2. The van der Waals surface area contributed by atoms with E-state index in [1.807, 2.05) is 12.1 Å². The van der Waals surface area contributed by atoms with E-state index in [0.29, 0.717) is 35.5 Å². The molecule has 0 radical (unpaired) electrons. The first-order chi connectivity index (χ1) is 15.5. The predicted octanol–water partition coefficient (Wildman–Crippen LogP) is 6.35. The Hall–Kier alpha value is -1.85. The first-order valence-electron chi connectivity index (χ1n) is 12.1. The molecule has 0 heterocycles. The number of hydrogen-bond acceptors (Lipinski definition) is 3. The molecule has 2 aromatic carbocycles. The van der Waals surface area contributed by atoms with Crippen LogP contribution in [0.3, 0.4) is 0 Å². The molecule has 2 aliphatic carbocycles. The Morgan fingerprint density at radius 2 is 1.59 bits per heavy atom. The maximum Gasteiger partial charge on any atom is 0.335 e. The molecule has 2 saturated carbocycles. The van der Waals surface area contributed by atoms with Crippen molar-refractivity contribution in [3.8, 4) is 0 Å². The lowest BCUT2D eigenvalue weighted by Crippen LogP contribution is -2.41. The van der Waals surface area contributed by atoms with Gasteiger partial charge in [-0.15, -0.1) is 24.8 Å². The van der Waals surface area contributed by atoms with Gasteiger partial charge in [-0.25, -0.2) is 4.79 Å². The molecule has 2 aromatic rings. The van der Waals surface area contributed by atoms with Crippen LogP contribution in [0.2, 0.25) is 0 Å². The van der Waals surface area contributed by atoms with Crippen LogP contribution < -0.4 is 10.6 Å². The highest BCUT2D eigenvalue weighted by atomic mass is 35.5. The number of halogens is 2. The molecule has 2 atom stereocenters. The molecule has 4 rings (SSSR count). The number of carboxylic acids is 1. The minimum atomic E-state index is -0.871. The van der Waals surface area contributed by atoms with E-state index in [-0.39, 0.29) is 24.8 Å². The lowest BCUT2D eigenvalue weighted by molar-refractivity contribution is 0.0697. The minimum absolute atomic E-state index is 0. The maximum atomic E-state index is 11.0. The number of carboxylic acid groups (broad SMARTS) is 1. The molecule has 0 spiro atoms. The van der Waals surface area contributed by atoms with Gasteiger partial charge < -0.3 is 15.7 Å². The summed E-state index contributed by atoms with van der Waals surface area (Å²) in [4.78, 5) is 11.0. The van der Waals surface area contributed by atoms with E-state index in [1.165, 1.54) is 37.7 Å². The Kier molecular flexibility index (Phi) is 11.1. The quantitative estimate of drug-likeness (QED) is 0.372. The fourth-order valence-corrected chi connectivity index (χ4v) is 4.99. The zero-order valence-electron chi connectivity index (χ0n) is 20.1. The second-order valence-corrected chi connectivity index (χ2v) is 9.76. The van der Waals surface area contributed by atoms with E-state index >= 15 is 0 Å². The topological polar surface area (TPSA) is 61.4 Å². The fourth-order valence-electron chi connectivity index (χ4n) is 4.99. The lowest BCUT2D eigenvalue weighted by Gasteiger charge is -2.30. The second kappa shape index (κ2) is 13.3. The van der Waals surface area contributed by atoms with Crippen molar-refractivity contribution in [1.29, 1.82) is 0 Å². The number of hydrogen-bond donors (Lipinski definition) is 3. The van der Waals surface area contributed by atoms with E-state index < -0.39 is 5.97 Å². The van der Waals surface area contributed by atoms with E-state index in [4.69, 9.17) is 5.11 Å². The highest BCUT2D eigenvalue weighted by Crippen LogP contribution is 2.42. The van der Waals surface area contributed by atoms with Crippen molar-refractivity contribution in [3.05, 3.63) is 76.9 Å². The van der Waals surface area contributed by atoms with Crippen LogP contribution in [-0.2, 0) is 6.54 Å². The zero-order valence-corrected chi connectivity index (χ0v) is 21.7. The molecule has 2 aliphatic rings. The maximum absolute atomic E-state index is 11.0. The molecule has 4 nitrogen and oxygen atoms in total. The Balaban J connectivity index is 0.00000204. The molecule has 6 heteroatoms. The van der Waals surface area contributed by atoms with Gasteiger partial charge in [0.1, 0.15) is 0 Å². The van der Waals surface area contributed by atoms with Gasteiger partial charge in [0.25, 0.3) is 0 Å². The van der Waals surface area contributed by atoms with Gasteiger partial charge in [-0.3, -0.25) is 0 Å². The number of carbonyl (C=O) groups is 1. The van der Waals surface area contributed by atoms with Crippen molar-refractivity contribution in [2.24, 2.45) is 11.8 Å². The number of benzene rings is 2. The average Bonchev–Trinajstić information content (AvgIpc) is 3.56. The molecule has 0 saturated heterocycles. The first-order valence-corrected chi connectivity index (χ1v) is 12.1. The monoisotopic (exact) mass is 504 g/mol. The van der Waals surface area contributed by atoms with Crippen molar-refractivity contribution in [3.63, 3.8) is 0 Å². The molecule has 0 amide bonds. The summed E-state index contributed by atoms with van der Waals surface area (Å²) in [6.45, 7) is 5.43. The number of aromatic carboxylic acids is 1. The van der Waals surface area contributed by atoms with Crippen LogP contribution in [0.25, 0.3) is 6.08 Å². The van der Waals surface area contributed by atoms with E-state index in [0.717, 1.165) is 12.1 Å². The summed E-state index contributed by atoms with van der Waals surface area (Å²) in [5, 5.41) is 16.6. The average molecular weight is 506 g/mol. The van der Waals surface area contributed by atoms with Crippen LogP contribution in [0.15, 0.2) is 60.2 Å². The molecule has 34 heavy (non-hydrogen) atoms. The molecule has 2 unspecified atom stereocenters. The molecule has 0 bridgehead atoms. The fraction of sp³-hybridized carbons (Fsp3) is 0.464. The smallest absolute Gasteiger partial charge is 0.335 e. The van der Waals surface area contributed by atoms with Gasteiger partial charge in [0, 0.05) is 24.7 Å². The minimum Gasteiger partial charge on any atom is -0.478 e. The summed E-state index contributed by atoms with van der Waals surface area (Å²) < 4.78 is 0. The molecule has 3 N–H and O–H groups in total. The third-order valence-electron chi connectivity index (χ3n) is 6.99. The Labute approximate surface area is 216 Å². The van der Waals surface area contributed by atoms with Crippen LogP contribution in [0.5, 0.6) is 0 Å². The Morgan fingerprint density at radius 3 is 2.18 bits per heavy atom. The Morgan fingerprint density at radius 1 is 0.971 bits per heavy atom. The van der Waals surface area contributed by atoms with Gasteiger partial charge in [0.15, 0.2) is 0 Å². The number of rotatable bonds is 9. The molecule has 0 aromatic heterocycles. The highest BCUT2D eigenvalue weighted by Gasteiger charge is 2.41. The van der Waals surface area contributed by atoms with Crippen LogP contribution in [-0.4, -0.2) is 29.2 Å². The summed E-state index contributed by atoms with van der Waals surface area (Å²) in [6.07, 6.45) is 8.50. The van der Waals surface area contributed by atoms with Gasteiger partial charge in [-0.2, -0.15) is 0 Å². The SMILES string of the molecule is CC(C)/C(=C\c1ccccc1)C1CC1NC1CCC(NCc2ccc(C(=O)O)cc2)CC1.Cl.Cl. The molecular weight excluding hydrogens is 467 g/mol. The first kappa shape index (κ1) is 28.4. The molecule has 2 fully saturated rings. The van der Waals surface area contributed by atoms with Crippen LogP contribution >= 0.6 is 24.8 Å². The van der Waals surface area contributed by atoms with Crippen LogP contribution in [0.1, 0.15) is 67.4 Å². The van der Waals surface area contributed by atoms with Crippen molar-refractivity contribution in [2.45, 2.75) is 70.6 Å². The highest BCUT2D eigenvalue weighted by molar-refractivity contribution is 5.87. The van der Waals surface area contributed by atoms with Gasteiger partial charge in [-0.1, -0.05) is 68.0 Å². The summed E-state index contributed by atoms with van der Waals surface area (Å²) >= 11 is 0. The summed E-state index contributed by atoms with van der Waals surface area (Å²) in [6, 6.07) is 19.7. The molecule has 0 aliphatic heterocycles. The largest absolute Gasteiger partial charge is 0.478 e. The van der Waals surface area contributed by atoms with Crippen molar-refractivity contribution < 1.29 is 9.90 Å².